The van der Waals surface area contributed by atoms with Crippen molar-refractivity contribution in [3.63, 3.8) is 0 Å². The van der Waals surface area contributed by atoms with Gasteiger partial charge in [0.1, 0.15) is 12.2 Å². The van der Waals surface area contributed by atoms with Gasteiger partial charge in [-0.1, -0.05) is 35.3 Å². The van der Waals surface area contributed by atoms with Crippen LogP contribution < -0.4 is 0 Å². The molecule has 5 nitrogen and oxygen atoms in total. The van der Waals surface area contributed by atoms with E-state index in [0.717, 1.165) is 11.3 Å². The molecule has 0 unspecified atom stereocenters. The molecule has 0 aliphatic carbocycles. The summed E-state index contributed by atoms with van der Waals surface area (Å²) >= 11 is 12.3. The van der Waals surface area contributed by atoms with E-state index in [1.165, 1.54) is 6.33 Å². The van der Waals surface area contributed by atoms with Crippen LogP contribution in [0.5, 0.6) is 5.88 Å². The van der Waals surface area contributed by atoms with Crippen molar-refractivity contribution >= 4 is 34.4 Å². The van der Waals surface area contributed by atoms with E-state index in [-0.39, 0.29) is 5.88 Å². The number of imidazole rings is 1. The summed E-state index contributed by atoms with van der Waals surface area (Å²) in [5.41, 5.74) is 2.32. The number of benzene rings is 2. The molecule has 1 N–H and O–H groups in total. The molecular formula is C17H10Cl2N4O. The van der Waals surface area contributed by atoms with Gasteiger partial charge < -0.3 is 5.11 Å². The fourth-order valence-electron chi connectivity index (χ4n) is 2.54. The molecule has 0 radical (unpaired) electrons. The maximum absolute atomic E-state index is 10.0. The van der Waals surface area contributed by atoms with Crippen molar-refractivity contribution in [1.29, 1.82) is 0 Å². The largest absolute Gasteiger partial charge is 0.492 e. The van der Waals surface area contributed by atoms with Crippen LogP contribution in [0.15, 0.2) is 54.9 Å². The van der Waals surface area contributed by atoms with Gasteiger partial charge in [-0.15, -0.1) is 0 Å². The van der Waals surface area contributed by atoms with Crippen molar-refractivity contribution in [2.75, 3.05) is 0 Å². The van der Waals surface area contributed by atoms with E-state index in [1.807, 2.05) is 34.9 Å². The normalized spacial score (nSPS) is 11.1. The predicted molar refractivity (Wildman–Crippen MR) is 93.8 cm³/mol. The number of nitrogens with zero attached hydrogens (tertiary/aromatic N) is 4. The molecule has 2 heterocycles. The van der Waals surface area contributed by atoms with Crippen LogP contribution >= 0.6 is 23.2 Å². The molecule has 4 rings (SSSR count). The van der Waals surface area contributed by atoms with Gasteiger partial charge in [0.25, 0.3) is 0 Å². The van der Waals surface area contributed by atoms with Gasteiger partial charge in [0.2, 0.25) is 5.88 Å². The Labute approximate surface area is 147 Å². The summed E-state index contributed by atoms with van der Waals surface area (Å²) in [7, 11) is 0. The summed E-state index contributed by atoms with van der Waals surface area (Å²) < 4.78 is 1.81. The summed E-state index contributed by atoms with van der Waals surface area (Å²) in [5.74, 6) is 0.384. The van der Waals surface area contributed by atoms with Crippen molar-refractivity contribution < 1.29 is 5.11 Å². The molecule has 0 spiro atoms. The Balaban J connectivity index is 2.10. The van der Waals surface area contributed by atoms with Gasteiger partial charge in [-0.25, -0.2) is 9.97 Å². The zero-order valence-electron chi connectivity index (χ0n) is 12.2. The van der Waals surface area contributed by atoms with Gasteiger partial charge in [-0.3, -0.25) is 4.57 Å². The molecular weight excluding hydrogens is 347 g/mol. The monoisotopic (exact) mass is 356 g/mol. The molecule has 118 valence electrons. The quantitative estimate of drug-likeness (QED) is 0.574. The predicted octanol–water partition coefficient (Wildman–Crippen LogP) is 4.49. The van der Waals surface area contributed by atoms with Crippen molar-refractivity contribution in [3.05, 3.63) is 64.9 Å². The second-order valence-electron chi connectivity index (χ2n) is 5.10. The van der Waals surface area contributed by atoms with Crippen molar-refractivity contribution in [2.45, 2.75) is 0 Å². The molecule has 0 amide bonds. The van der Waals surface area contributed by atoms with E-state index in [2.05, 4.69) is 15.0 Å². The fourth-order valence-corrected chi connectivity index (χ4v) is 2.88. The summed E-state index contributed by atoms with van der Waals surface area (Å²) in [5, 5.41) is 11.2. The van der Waals surface area contributed by atoms with Gasteiger partial charge in [0, 0.05) is 16.3 Å². The van der Waals surface area contributed by atoms with E-state index in [1.54, 1.807) is 18.2 Å². The first-order valence-electron chi connectivity index (χ1n) is 7.08. The number of aromatic nitrogens is 4. The van der Waals surface area contributed by atoms with Crippen molar-refractivity contribution in [2.24, 2.45) is 0 Å². The van der Waals surface area contributed by atoms with Crippen LogP contribution in [0.2, 0.25) is 10.0 Å². The number of rotatable bonds is 2. The lowest BCUT2D eigenvalue weighted by Gasteiger charge is -2.10. The number of halogens is 2. The van der Waals surface area contributed by atoms with Crippen LogP contribution in [0.4, 0.5) is 0 Å². The number of hydrogen-bond donors (Lipinski definition) is 1. The highest BCUT2D eigenvalue weighted by atomic mass is 35.5. The lowest BCUT2D eigenvalue weighted by atomic mass is 10.2. The molecule has 7 heteroatoms. The van der Waals surface area contributed by atoms with Crippen LogP contribution in [0.25, 0.3) is 28.2 Å². The Kier molecular flexibility index (Phi) is 3.59. The van der Waals surface area contributed by atoms with Crippen LogP contribution in [0.3, 0.4) is 0 Å². The van der Waals surface area contributed by atoms with E-state index in [0.29, 0.717) is 27.0 Å². The first kappa shape index (κ1) is 14.9. The van der Waals surface area contributed by atoms with Gasteiger partial charge >= 0.3 is 0 Å². The molecule has 0 bridgehead atoms. The smallest absolute Gasteiger partial charge is 0.242 e. The van der Waals surface area contributed by atoms with E-state index in [4.69, 9.17) is 23.2 Å². The van der Waals surface area contributed by atoms with E-state index >= 15 is 0 Å². The third-order valence-electron chi connectivity index (χ3n) is 3.62. The topological polar surface area (TPSA) is 63.8 Å². The lowest BCUT2D eigenvalue weighted by Crippen LogP contribution is -1.99. The summed E-state index contributed by atoms with van der Waals surface area (Å²) in [6.45, 7) is 0. The van der Waals surface area contributed by atoms with Gasteiger partial charge in [-0.05, 0) is 36.4 Å². The molecule has 2 aromatic heterocycles. The molecule has 0 saturated carbocycles. The van der Waals surface area contributed by atoms with Crippen LogP contribution in [-0.2, 0) is 0 Å². The second kappa shape index (κ2) is 5.78. The zero-order valence-corrected chi connectivity index (χ0v) is 13.7. The Morgan fingerprint density at radius 2 is 1.67 bits per heavy atom. The minimum absolute atomic E-state index is 0.180. The Bertz CT molecular complexity index is 1040. The zero-order chi connectivity index (χ0) is 16.7. The first-order valence-corrected chi connectivity index (χ1v) is 7.84. The standard InChI is InChI=1S/C17H10Cl2N4O/c18-10-5-7-11(8-6-10)23-15(12-3-1-2-4-13(12)19)22-14-16(23)20-9-21-17(14)24/h1-9H,(H,20,21,24). The SMILES string of the molecule is Oc1ncnc2c1nc(-c1ccccc1Cl)n2-c1ccc(Cl)cc1. The maximum Gasteiger partial charge on any atom is 0.242 e. The summed E-state index contributed by atoms with van der Waals surface area (Å²) in [6.07, 6.45) is 1.29. The average molecular weight is 357 g/mol. The highest BCUT2D eigenvalue weighted by Gasteiger charge is 2.19. The molecule has 2 aromatic carbocycles. The summed E-state index contributed by atoms with van der Waals surface area (Å²) in [4.78, 5) is 12.6. The number of fused-ring (bicyclic) bond motifs is 1. The van der Waals surface area contributed by atoms with Gasteiger partial charge in [-0.2, -0.15) is 4.98 Å². The number of hydrogen-bond acceptors (Lipinski definition) is 4. The minimum atomic E-state index is -0.180. The molecule has 0 fully saturated rings. The Morgan fingerprint density at radius 3 is 2.42 bits per heavy atom. The second-order valence-corrected chi connectivity index (χ2v) is 5.94. The van der Waals surface area contributed by atoms with Crippen molar-refractivity contribution in [3.8, 4) is 23.0 Å². The van der Waals surface area contributed by atoms with Crippen molar-refractivity contribution in [1.82, 2.24) is 19.5 Å². The molecule has 0 aliphatic heterocycles. The van der Waals surface area contributed by atoms with Crippen LogP contribution in [-0.4, -0.2) is 24.6 Å². The average Bonchev–Trinajstić information content (AvgIpc) is 2.97. The minimum Gasteiger partial charge on any atom is -0.492 e. The highest BCUT2D eigenvalue weighted by molar-refractivity contribution is 6.33. The molecule has 24 heavy (non-hydrogen) atoms. The third-order valence-corrected chi connectivity index (χ3v) is 4.21. The third kappa shape index (κ3) is 2.38. The van der Waals surface area contributed by atoms with Gasteiger partial charge in [0.15, 0.2) is 11.2 Å². The molecule has 0 saturated heterocycles. The fraction of sp³-hybridized carbons (Fsp3) is 0. The first-order chi connectivity index (χ1) is 11.6. The van der Waals surface area contributed by atoms with E-state index in [9.17, 15) is 5.11 Å². The highest BCUT2D eigenvalue weighted by Crippen LogP contribution is 2.33. The molecule has 0 aliphatic rings. The summed E-state index contributed by atoms with van der Waals surface area (Å²) in [6, 6.07) is 14.6. The molecule has 4 aromatic rings. The Morgan fingerprint density at radius 1 is 0.917 bits per heavy atom. The van der Waals surface area contributed by atoms with Crippen LogP contribution in [0.1, 0.15) is 0 Å². The Hall–Kier alpha value is -2.63. The van der Waals surface area contributed by atoms with E-state index < -0.39 is 0 Å². The van der Waals surface area contributed by atoms with Gasteiger partial charge in [0.05, 0.1) is 5.02 Å². The maximum atomic E-state index is 10.0. The lowest BCUT2D eigenvalue weighted by molar-refractivity contribution is 0.458. The number of aromatic hydroxyl groups is 1. The molecule has 0 atom stereocenters. The van der Waals surface area contributed by atoms with Crippen LogP contribution in [0, 0.1) is 0 Å².